The van der Waals surface area contributed by atoms with Gasteiger partial charge in [0.1, 0.15) is 5.52 Å². The molecule has 1 heterocycles. The summed E-state index contributed by atoms with van der Waals surface area (Å²) in [5.74, 6) is -0.0501. The lowest BCUT2D eigenvalue weighted by Crippen LogP contribution is -2.12. The lowest BCUT2D eigenvalue weighted by molar-refractivity contribution is -0.116. The predicted molar refractivity (Wildman–Crippen MR) is 76.2 cm³/mol. The van der Waals surface area contributed by atoms with Crippen LogP contribution in [0.15, 0.2) is 17.6 Å². The number of anilines is 1. The molecule has 0 bridgehead atoms. The largest absolute Gasteiger partial charge is 0.330 e. The highest BCUT2D eigenvalue weighted by Crippen LogP contribution is 2.32. The van der Waals surface area contributed by atoms with E-state index in [1.807, 2.05) is 6.07 Å². The Morgan fingerprint density at radius 2 is 2.28 bits per heavy atom. The molecule has 1 aromatic carbocycles. The average Bonchev–Trinajstić information content (AvgIpc) is 2.82. The quantitative estimate of drug-likeness (QED) is 0.829. The molecular formula is C12H14ClN3OS. The van der Waals surface area contributed by atoms with E-state index in [0.29, 0.717) is 23.7 Å². The minimum Gasteiger partial charge on any atom is -0.330 e. The highest BCUT2D eigenvalue weighted by atomic mass is 35.5. The van der Waals surface area contributed by atoms with Gasteiger partial charge in [0.05, 0.1) is 20.9 Å². The zero-order chi connectivity index (χ0) is 13.0. The van der Waals surface area contributed by atoms with Crippen LogP contribution in [-0.2, 0) is 4.79 Å². The Morgan fingerprint density at radius 1 is 1.44 bits per heavy atom. The van der Waals surface area contributed by atoms with Crippen LogP contribution < -0.4 is 11.1 Å². The van der Waals surface area contributed by atoms with Crippen LogP contribution in [0.4, 0.5) is 5.69 Å². The number of carbonyl (C=O) groups excluding carboxylic acids is 1. The molecule has 0 aliphatic carbocycles. The zero-order valence-electron chi connectivity index (χ0n) is 9.78. The standard InChI is InChI=1S/C12H14ClN3OS/c13-8-4-5-9-12(15-7-18-9)11(8)16-10(17)3-1-2-6-14/h4-5,7H,1-3,6,14H2,(H,16,17). The van der Waals surface area contributed by atoms with Gasteiger partial charge in [-0.05, 0) is 31.5 Å². The second-order valence-corrected chi connectivity index (χ2v) is 5.21. The fraction of sp³-hybridized carbons (Fsp3) is 0.333. The SMILES string of the molecule is NCCCCC(=O)Nc1c(Cl)ccc2scnc12. The number of nitrogens with zero attached hydrogens (tertiary/aromatic N) is 1. The van der Waals surface area contributed by atoms with Crippen LogP contribution in [0.2, 0.25) is 5.02 Å². The molecule has 0 atom stereocenters. The highest BCUT2D eigenvalue weighted by molar-refractivity contribution is 7.16. The molecule has 0 spiro atoms. The summed E-state index contributed by atoms with van der Waals surface area (Å²) >= 11 is 7.62. The van der Waals surface area contributed by atoms with Crippen molar-refractivity contribution in [1.29, 1.82) is 0 Å². The molecule has 0 saturated carbocycles. The van der Waals surface area contributed by atoms with Crippen molar-refractivity contribution in [3.8, 4) is 0 Å². The van der Waals surface area contributed by atoms with E-state index in [1.54, 1.807) is 11.6 Å². The Balaban J connectivity index is 2.13. The second kappa shape index (κ2) is 6.13. The van der Waals surface area contributed by atoms with Gasteiger partial charge in [-0.2, -0.15) is 0 Å². The number of thiazole rings is 1. The number of fused-ring (bicyclic) bond motifs is 1. The van der Waals surface area contributed by atoms with Gasteiger partial charge < -0.3 is 11.1 Å². The Hall–Kier alpha value is -1.17. The summed E-state index contributed by atoms with van der Waals surface area (Å²) < 4.78 is 1.01. The minimum atomic E-state index is -0.0501. The minimum absolute atomic E-state index is 0.0501. The van der Waals surface area contributed by atoms with Crippen molar-refractivity contribution in [2.75, 3.05) is 11.9 Å². The van der Waals surface area contributed by atoms with Crippen molar-refractivity contribution in [1.82, 2.24) is 4.98 Å². The second-order valence-electron chi connectivity index (χ2n) is 3.92. The maximum absolute atomic E-state index is 11.8. The first-order valence-corrected chi connectivity index (χ1v) is 6.99. The third-order valence-corrected chi connectivity index (χ3v) is 3.68. The Labute approximate surface area is 114 Å². The van der Waals surface area contributed by atoms with Crippen LogP contribution in [0.5, 0.6) is 0 Å². The Morgan fingerprint density at radius 3 is 3.06 bits per heavy atom. The molecule has 4 nitrogen and oxygen atoms in total. The van der Waals surface area contributed by atoms with E-state index >= 15 is 0 Å². The average molecular weight is 284 g/mol. The molecule has 2 rings (SSSR count). The lowest BCUT2D eigenvalue weighted by Gasteiger charge is -2.07. The summed E-state index contributed by atoms with van der Waals surface area (Å²) in [5.41, 5.74) is 8.49. The molecule has 1 aromatic heterocycles. The number of halogens is 1. The summed E-state index contributed by atoms with van der Waals surface area (Å²) in [6.45, 7) is 0.607. The van der Waals surface area contributed by atoms with Gasteiger partial charge in [-0.15, -0.1) is 11.3 Å². The molecular weight excluding hydrogens is 270 g/mol. The molecule has 0 fully saturated rings. The molecule has 0 radical (unpaired) electrons. The van der Waals surface area contributed by atoms with E-state index in [0.717, 1.165) is 23.1 Å². The fourth-order valence-corrected chi connectivity index (χ4v) is 2.54. The van der Waals surface area contributed by atoms with E-state index in [4.69, 9.17) is 17.3 Å². The van der Waals surface area contributed by atoms with Crippen molar-refractivity contribution in [2.45, 2.75) is 19.3 Å². The maximum atomic E-state index is 11.8. The number of carbonyl (C=O) groups is 1. The van der Waals surface area contributed by atoms with Crippen LogP contribution in [0.1, 0.15) is 19.3 Å². The van der Waals surface area contributed by atoms with Gasteiger partial charge in [0.25, 0.3) is 0 Å². The number of unbranched alkanes of at least 4 members (excludes halogenated alkanes) is 1. The molecule has 0 aliphatic rings. The van der Waals surface area contributed by atoms with Crippen LogP contribution in [0.3, 0.4) is 0 Å². The zero-order valence-corrected chi connectivity index (χ0v) is 11.4. The van der Waals surface area contributed by atoms with Crippen LogP contribution in [0.25, 0.3) is 10.2 Å². The van der Waals surface area contributed by atoms with E-state index in [2.05, 4.69) is 10.3 Å². The smallest absolute Gasteiger partial charge is 0.224 e. The first-order valence-electron chi connectivity index (χ1n) is 5.74. The van der Waals surface area contributed by atoms with Crippen molar-refractivity contribution in [2.24, 2.45) is 5.73 Å². The summed E-state index contributed by atoms with van der Waals surface area (Å²) in [6, 6.07) is 3.68. The van der Waals surface area contributed by atoms with Gasteiger partial charge in [-0.3, -0.25) is 4.79 Å². The van der Waals surface area contributed by atoms with Gasteiger partial charge in [0.15, 0.2) is 0 Å². The molecule has 18 heavy (non-hydrogen) atoms. The van der Waals surface area contributed by atoms with E-state index in [9.17, 15) is 4.79 Å². The van der Waals surface area contributed by atoms with Crippen molar-refractivity contribution in [3.05, 3.63) is 22.7 Å². The number of aromatic nitrogens is 1. The van der Waals surface area contributed by atoms with Gasteiger partial charge in [0, 0.05) is 6.42 Å². The number of hydrogen-bond acceptors (Lipinski definition) is 4. The maximum Gasteiger partial charge on any atom is 0.224 e. The molecule has 6 heteroatoms. The van der Waals surface area contributed by atoms with Crippen LogP contribution >= 0.6 is 22.9 Å². The molecule has 0 saturated heterocycles. The summed E-state index contributed by atoms with van der Waals surface area (Å²) in [5, 5.41) is 3.35. The van der Waals surface area contributed by atoms with Gasteiger partial charge in [-0.25, -0.2) is 4.98 Å². The monoisotopic (exact) mass is 283 g/mol. The van der Waals surface area contributed by atoms with Crippen molar-refractivity contribution < 1.29 is 4.79 Å². The van der Waals surface area contributed by atoms with Crippen LogP contribution in [-0.4, -0.2) is 17.4 Å². The molecule has 0 unspecified atom stereocenters. The topological polar surface area (TPSA) is 68.0 Å². The normalized spacial score (nSPS) is 10.8. The lowest BCUT2D eigenvalue weighted by atomic mass is 10.2. The Bertz CT molecular complexity index is 555. The van der Waals surface area contributed by atoms with Crippen molar-refractivity contribution in [3.63, 3.8) is 0 Å². The van der Waals surface area contributed by atoms with Gasteiger partial charge >= 0.3 is 0 Å². The number of amides is 1. The van der Waals surface area contributed by atoms with Crippen molar-refractivity contribution >= 4 is 44.7 Å². The third-order valence-electron chi connectivity index (χ3n) is 2.57. The number of rotatable bonds is 5. The Kier molecular flexibility index (Phi) is 4.52. The number of nitrogens with one attached hydrogen (secondary N) is 1. The number of benzene rings is 1. The summed E-state index contributed by atoms with van der Waals surface area (Å²) in [6.07, 6.45) is 2.09. The van der Waals surface area contributed by atoms with Crippen LogP contribution in [0, 0.1) is 0 Å². The molecule has 3 N–H and O–H groups in total. The first kappa shape index (κ1) is 13.3. The van der Waals surface area contributed by atoms with E-state index in [-0.39, 0.29) is 5.91 Å². The summed E-state index contributed by atoms with van der Waals surface area (Å²) in [7, 11) is 0. The van der Waals surface area contributed by atoms with Gasteiger partial charge in [-0.1, -0.05) is 11.6 Å². The predicted octanol–water partition coefficient (Wildman–Crippen LogP) is 3.02. The molecule has 96 valence electrons. The van der Waals surface area contributed by atoms with E-state index < -0.39 is 0 Å². The molecule has 1 amide bonds. The molecule has 2 aromatic rings. The molecule has 0 aliphatic heterocycles. The number of nitrogens with two attached hydrogens (primary N) is 1. The van der Waals surface area contributed by atoms with Gasteiger partial charge in [0.2, 0.25) is 5.91 Å². The highest BCUT2D eigenvalue weighted by Gasteiger charge is 2.11. The van der Waals surface area contributed by atoms with E-state index in [1.165, 1.54) is 11.3 Å². The fourth-order valence-electron chi connectivity index (χ4n) is 1.66. The third kappa shape index (κ3) is 2.98. The summed E-state index contributed by atoms with van der Waals surface area (Å²) in [4.78, 5) is 16.0. The first-order chi connectivity index (χ1) is 8.72. The number of hydrogen-bond donors (Lipinski definition) is 2.